The van der Waals surface area contributed by atoms with Gasteiger partial charge in [0.1, 0.15) is 0 Å². The molecule has 2 N–H and O–H groups in total. The van der Waals surface area contributed by atoms with Gasteiger partial charge in [0.05, 0.1) is 11.6 Å². The number of hydrogen-bond acceptors (Lipinski definition) is 6. The Morgan fingerprint density at radius 1 is 1.04 bits per heavy atom. The summed E-state index contributed by atoms with van der Waals surface area (Å²) in [5, 5.41) is 2.49. The summed E-state index contributed by atoms with van der Waals surface area (Å²) >= 11 is 1.42. The number of nitrogen functional groups attached to an aromatic ring is 1. The molecule has 140 valence electrons. The van der Waals surface area contributed by atoms with E-state index in [0.29, 0.717) is 11.6 Å². The van der Waals surface area contributed by atoms with E-state index in [4.69, 9.17) is 20.2 Å². The monoisotopic (exact) mass is 382 g/mol. The van der Waals surface area contributed by atoms with Gasteiger partial charge < -0.3 is 10.5 Å². The van der Waals surface area contributed by atoms with Gasteiger partial charge >= 0.3 is 0 Å². The van der Waals surface area contributed by atoms with Crippen LogP contribution < -0.4 is 5.73 Å². The second kappa shape index (κ2) is 7.05. The quantitative estimate of drug-likeness (QED) is 0.675. The van der Waals surface area contributed by atoms with Gasteiger partial charge in [-0.2, -0.15) is 4.89 Å². The van der Waals surface area contributed by atoms with Gasteiger partial charge in [0.2, 0.25) is 5.79 Å². The zero-order valence-electron chi connectivity index (χ0n) is 15.3. The number of nitrogens with two attached hydrogens (primary N) is 1. The van der Waals surface area contributed by atoms with Crippen LogP contribution in [0.5, 0.6) is 0 Å². The molecule has 0 amide bonds. The molecule has 0 radical (unpaired) electrons. The first-order valence-electron chi connectivity index (χ1n) is 8.81. The molecular weight excluding hydrogens is 360 g/mol. The van der Waals surface area contributed by atoms with Crippen LogP contribution >= 0.6 is 11.3 Å². The molecule has 0 spiro atoms. The molecule has 0 aliphatic carbocycles. The SMILES string of the molecule is COC1(C)OOC(c2ccccc2)(c2ccccc2)CC1c1csc(N)n1. The summed E-state index contributed by atoms with van der Waals surface area (Å²) in [4.78, 5) is 16.6. The van der Waals surface area contributed by atoms with E-state index < -0.39 is 11.4 Å². The van der Waals surface area contributed by atoms with Crippen molar-refractivity contribution in [2.75, 3.05) is 12.8 Å². The number of nitrogens with zero attached hydrogens (tertiary/aromatic N) is 1. The molecule has 1 saturated heterocycles. The molecule has 5 nitrogen and oxygen atoms in total. The fraction of sp³-hybridized carbons (Fsp3) is 0.286. The van der Waals surface area contributed by atoms with Gasteiger partial charge in [-0.05, 0) is 18.1 Å². The average molecular weight is 382 g/mol. The van der Waals surface area contributed by atoms with Crippen LogP contribution in [-0.2, 0) is 20.1 Å². The van der Waals surface area contributed by atoms with Crippen molar-refractivity contribution < 1.29 is 14.5 Å². The van der Waals surface area contributed by atoms with Crippen molar-refractivity contribution in [2.24, 2.45) is 0 Å². The van der Waals surface area contributed by atoms with Crippen molar-refractivity contribution in [3.05, 3.63) is 82.9 Å². The molecule has 0 saturated carbocycles. The summed E-state index contributed by atoms with van der Waals surface area (Å²) in [7, 11) is 1.62. The van der Waals surface area contributed by atoms with E-state index in [2.05, 4.69) is 29.2 Å². The predicted molar refractivity (Wildman–Crippen MR) is 105 cm³/mol. The first kappa shape index (κ1) is 18.1. The van der Waals surface area contributed by atoms with Crippen molar-refractivity contribution in [2.45, 2.75) is 30.7 Å². The van der Waals surface area contributed by atoms with Crippen molar-refractivity contribution in [1.29, 1.82) is 0 Å². The Balaban J connectivity index is 1.85. The molecule has 27 heavy (non-hydrogen) atoms. The van der Waals surface area contributed by atoms with E-state index >= 15 is 0 Å². The summed E-state index contributed by atoms with van der Waals surface area (Å²) in [5.41, 5.74) is 8.01. The van der Waals surface area contributed by atoms with Gasteiger partial charge in [0, 0.05) is 18.9 Å². The largest absolute Gasteiger partial charge is 0.375 e. The fourth-order valence-corrected chi connectivity index (χ4v) is 4.26. The van der Waals surface area contributed by atoms with Crippen molar-refractivity contribution in [3.8, 4) is 0 Å². The van der Waals surface area contributed by atoms with Gasteiger partial charge in [0.25, 0.3) is 0 Å². The molecule has 2 heterocycles. The number of methoxy groups -OCH3 is 1. The number of hydrogen-bond donors (Lipinski definition) is 1. The highest BCUT2D eigenvalue weighted by molar-refractivity contribution is 7.13. The van der Waals surface area contributed by atoms with Crippen LogP contribution in [-0.4, -0.2) is 17.9 Å². The minimum Gasteiger partial charge on any atom is -0.375 e. The van der Waals surface area contributed by atoms with Crippen LogP contribution in [0.2, 0.25) is 0 Å². The van der Waals surface area contributed by atoms with E-state index in [-0.39, 0.29) is 5.92 Å². The standard InChI is InChI=1S/C21H22N2O3S/c1-20(24-2)17(18-14-27-19(22)23-18)13-21(26-25-20,15-9-5-3-6-10-15)16-11-7-4-8-12-16/h3-12,14,17H,13H2,1-2H3,(H2,22,23). The van der Waals surface area contributed by atoms with Crippen LogP contribution in [0.4, 0.5) is 5.13 Å². The highest BCUT2D eigenvalue weighted by atomic mass is 32.1. The number of ether oxygens (including phenoxy) is 1. The summed E-state index contributed by atoms with van der Waals surface area (Å²) in [6, 6.07) is 20.2. The lowest BCUT2D eigenvalue weighted by Crippen LogP contribution is -2.50. The molecule has 1 fully saturated rings. The van der Waals surface area contributed by atoms with Crippen molar-refractivity contribution in [3.63, 3.8) is 0 Å². The molecule has 2 unspecified atom stereocenters. The van der Waals surface area contributed by atoms with E-state index in [1.165, 1.54) is 11.3 Å². The summed E-state index contributed by atoms with van der Waals surface area (Å²) < 4.78 is 5.70. The van der Waals surface area contributed by atoms with Gasteiger partial charge in [-0.3, -0.25) is 0 Å². The third-order valence-corrected chi connectivity index (χ3v) is 5.95. The minimum atomic E-state index is -0.965. The van der Waals surface area contributed by atoms with Crippen LogP contribution in [0.15, 0.2) is 66.0 Å². The molecule has 2 atom stereocenters. The molecule has 3 aromatic rings. The van der Waals surface area contributed by atoms with E-state index in [0.717, 1.165) is 16.8 Å². The van der Waals surface area contributed by atoms with Gasteiger partial charge in [-0.25, -0.2) is 9.87 Å². The third-order valence-electron chi connectivity index (χ3n) is 5.26. The summed E-state index contributed by atoms with van der Waals surface area (Å²) in [6.45, 7) is 1.87. The van der Waals surface area contributed by atoms with Gasteiger partial charge in [0.15, 0.2) is 10.7 Å². The van der Waals surface area contributed by atoms with Crippen LogP contribution in [0.25, 0.3) is 0 Å². The third kappa shape index (κ3) is 3.15. The second-order valence-electron chi connectivity index (χ2n) is 6.81. The first-order valence-corrected chi connectivity index (χ1v) is 9.69. The zero-order chi connectivity index (χ0) is 18.9. The number of benzene rings is 2. The minimum absolute atomic E-state index is 0.162. The van der Waals surface area contributed by atoms with E-state index in [1.807, 2.05) is 48.7 Å². The lowest BCUT2D eigenvalue weighted by molar-refractivity contribution is -0.487. The van der Waals surface area contributed by atoms with Crippen LogP contribution in [0.3, 0.4) is 0 Å². The molecule has 0 bridgehead atoms. The Labute approximate surface area is 162 Å². The van der Waals surface area contributed by atoms with E-state index in [1.54, 1.807) is 7.11 Å². The van der Waals surface area contributed by atoms with Crippen LogP contribution in [0.1, 0.15) is 36.1 Å². The zero-order valence-corrected chi connectivity index (χ0v) is 16.1. The molecule has 2 aromatic carbocycles. The molecular formula is C21H22N2O3S. The maximum absolute atomic E-state index is 6.12. The van der Waals surface area contributed by atoms with Crippen LogP contribution in [0, 0.1) is 0 Å². The van der Waals surface area contributed by atoms with Crippen molar-refractivity contribution in [1.82, 2.24) is 4.98 Å². The highest BCUT2D eigenvalue weighted by Crippen LogP contribution is 2.51. The van der Waals surface area contributed by atoms with Gasteiger partial charge in [-0.15, -0.1) is 11.3 Å². The maximum Gasteiger partial charge on any atom is 0.207 e. The van der Waals surface area contributed by atoms with E-state index in [9.17, 15) is 0 Å². The Morgan fingerprint density at radius 3 is 2.11 bits per heavy atom. The smallest absolute Gasteiger partial charge is 0.207 e. The number of thiazole rings is 1. The topological polar surface area (TPSA) is 66.6 Å². The molecule has 6 heteroatoms. The molecule has 1 aliphatic rings. The van der Waals surface area contributed by atoms with Crippen molar-refractivity contribution >= 4 is 16.5 Å². The second-order valence-corrected chi connectivity index (χ2v) is 7.70. The first-order chi connectivity index (χ1) is 13.1. The maximum atomic E-state index is 6.12. The average Bonchev–Trinajstić information content (AvgIpc) is 3.16. The Bertz CT molecular complexity index is 861. The van der Waals surface area contributed by atoms with Gasteiger partial charge in [-0.1, -0.05) is 60.7 Å². The summed E-state index contributed by atoms with van der Waals surface area (Å²) in [6.07, 6.45) is 0.606. The molecule has 4 rings (SSSR count). The lowest BCUT2D eigenvalue weighted by atomic mass is 9.75. The number of anilines is 1. The normalized spacial score (nSPS) is 24.6. The molecule has 1 aromatic heterocycles. The number of rotatable bonds is 4. The summed E-state index contributed by atoms with van der Waals surface area (Å²) in [5.74, 6) is -1.13. The predicted octanol–water partition coefficient (Wildman–Crippen LogP) is 4.47. The lowest BCUT2D eigenvalue weighted by Gasteiger charge is -2.47. The Hall–Kier alpha value is -2.25. The molecule has 1 aliphatic heterocycles. The Kier molecular flexibility index (Phi) is 4.74. The highest BCUT2D eigenvalue weighted by Gasteiger charge is 2.53. The fourth-order valence-electron chi connectivity index (χ4n) is 3.64. The Morgan fingerprint density at radius 2 is 1.63 bits per heavy atom. The number of aromatic nitrogens is 1.